The maximum absolute atomic E-state index is 3.37. The van der Waals surface area contributed by atoms with E-state index in [1.54, 1.807) is 0 Å². The lowest BCUT2D eigenvalue weighted by Gasteiger charge is -2.21. The average Bonchev–Trinajstić information content (AvgIpc) is 1.88. The number of hydrogen-bond acceptors (Lipinski definition) is 1. The second-order valence-corrected chi connectivity index (χ2v) is 2.81. The highest BCUT2D eigenvalue weighted by molar-refractivity contribution is 5.25. The number of rotatable bonds is 1. The van der Waals surface area contributed by atoms with Gasteiger partial charge in [0.05, 0.1) is 0 Å². The van der Waals surface area contributed by atoms with Gasteiger partial charge in [0, 0.05) is 11.7 Å². The van der Waals surface area contributed by atoms with Crippen LogP contribution in [0, 0.1) is 0 Å². The zero-order valence-corrected chi connectivity index (χ0v) is 6.94. The van der Waals surface area contributed by atoms with Crippen molar-refractivity contribution in [3.63, 3.8) is 0 Å². The van der Waals surface area contributed by atoms with E-state index >= 15 is 0 Å². The van der Waals surface area contributed by atoms with Gasteiger partial charge in [-0.05, 0) is 31.9 Å². The lowest BCUT2D eigenvalue weighted by Crippen LogP contribution is -2.28. The minimum absolute atomic E-state index is 0.537. The van der Waals surface area contributed by atoms with E-state index in [4.69, 9.17) is 0 Å². The van der Waals surface area contributed by atoms with Crippen LogP contribution in [0.1, 0.15) is 27.2 Å². The molecular weight excluding hydrogens is 122 g/mol. The molecule has 0 aliphatic carbocycles. The smallest absolute Gasteiger partial charge is 0.0445 e. The molecular formula is C9H15N. The van der Waals surface area contributed by atoms with Crippen LogP contribution >= 0.6 is 0 Å². The zero-order valence-electron chi connectivity index (χ0n) is 6.94. The third-order valence-corrected chi connectivity index (χ3v) is 1.96. The number of allylic oxidation sites excluding steroid dienone is 3. The summed E-state index contributed by atoms with van der Waals surface area (Å²) < 4.78 is 0. The molecule has 1 atom stereocenters. The van der Waals surface area contributed by atoms with Gasteiger partial charge in [-0.2, -0.15) is 0 Å². The molecule has 1 nitrogen and oxygen atoms in total. The summed E-state index contributed by atoms with van der Waals surface area (Å²) in [5.41, 5.74) is 2.76. The fraction of sp³-hybridized carbons (Fsp3) is 0.556. The molecule has 10 heavy (non-hydrogen) atoms. The van der Waals surface area contributed by atoms with Crippen molar-refractivity contribution in [2.75, 3.05) is 0 Å². The van der Waals surface area contributed by atoms with Crippen LogP contribution < -0.4 is 5.32 Å². The van der Waals surface area contributed by atoms with Crippen molar-refractivity contribution in [3.8, 4) is 0 Å². The van der Waals surface area contributed by atoms with Crippen molar-refractivity contribution in [1.29, 1.82) is 0 Å². The molecule has 0 radical (unpaired) electrons. The van der Waals surface area contributed by atoms with Crippen LogP contribution in [0.25, 0.3) is 0 Å². The quantitative estimate of drug-likeness (QED) is 0.584. The Labute approximate surface area is 62.8 Å². The number of nitrogens with one attached hydrogen (secondary N) is 1. The highest BCUT2D eigenvalue weighted by Gasteiger charge is 2.08. The van der Waals surface area contributed by atoms with E-state index in [1.807, 2.05) is 0 Å². The van der Waals surface area contributed by atoms with E-state index in [-0.39, 0.29) is 0 Å². The molecule has 56 valence electrons. The van der Waals surface area contributed by atoms with Gasteiger partial charge in [-0.25, -0.2) is 0 Å². The Morgan fingerprint density at radius 2 is 2.20 bits per heavy atom. The van der Waals surface area contributed by atoms with Crippen LogP contribution in [-0.2, 0) is 0 Å². The molecule has 0 saturated carbocycles. The first-order valence-electron chi connectivity index (χ1n) is 3.88. The first kappa shape index (κ1) is 7.39. The molecule has 1 rings (SSSR count). The van der Waals surface area contributed by atoms with Crippen molar-refractivity contribution in [1.82, 2.24) is 5.32 Å². The highest BCUT2D eigenvalue weighted by atomic mass is 14.9. The second kappa shape index (κ2) is 2.91. The highest BCUT2D eigenvalue weighted by Crippen LogP contribution is 2.12. The van der Waals surface area contributed by atoms with Crippen LogP contribution in [-0.4, -0.2) is 6.04 Å². The van der Waals surface area contributed by atoms with Crippen molar-refractivity contribution in [2.45, 2.75) is 33.2 Å². The maximum atomic E-state index is 3.37. The molecule has 0 saturated heterocycles. The van der Waals surface area contributed by atoms with Crippen molar-refractivity contribution in [3.05, 3.63) is 23.4 Å². The molecule has 1 aliphatic heterocycles. The zero-order chi connectivity index (χ0) is 7.56. The fourth-order valence-electron chi connectivity index (χ4n) is 1.28. The van der Waals surface area contributed by atoms with Crippen molar-refractivity contribution < 1.29 is 0 Å². The van der Waals surface area contributed by atoms with Crippen molar-refractivity contribution in [2.24, 2.45) is 0 Å². The summed E-state index contributed by atoms with van der Waals surface area (Å²) in [6.45, 7) is 6.49. The third kappa shape index (κ3) is 1.41. The average molecular weight is 137 g/mol. The van der Waals surface area contributed by atoms with Gasteiger partial charge >= 0.3 is 0 Å². The van der Waals surface area contributed by atoms with Gasteiger partial charge < -0.3 is 5.32 Å². The van der Waals surface area contributed by atoms with E-state index in [1.165, 1.54) is 11.3 Å². The minimum Gasteiger partial charge on any atom is -0.382 e. The predicted molar refractivity (Wildman–Crippen MR) is 44.7 cm³/mol. The molecule has 0 aromatic heterocycles. The summed E-state index contributed by atoms with van der Waals surface area (Å²) in [5.74, 6) is 0. The van der Waals surface area contributed by atoms with Gasteiger partial charge in [-0.3, -0.25) is 0 Å². The molecule has 0 bridgehead atoms. The summed E-state index contributed by atoms with van der Waals surface area (Å²) in [7, 11) is 0. The molecule has 1 unspecified atom stereocenters. The Bertz CT molecular complexity index is 177. The van der Waals surface area contributed by atoms with E-state index in [0.29, 0.717) is 6.04 Å². The second-order valence-electron chi connectivity index (χ2n) is 2.81. The standard InChI is InChI=1S/C9H15N/c1-4-9-6-5-7(2)10-8(9)3/h5-6,8,10H,4H2,1-3H3. The molecule has 1 aliphatic rings. The molecule has 1 heterocycles. The molecule has 0 spiro atoms. The van der Waals surface area contributed by atoms with Gasteiger partial charge in [-0.1, -0.05) is 13.0 Å². The number of hydrogen-bond donors (Lipinski definition) is 1. The maximum Gasteiger partial charge on any atom is 0.0445 e. The van der Waals surface area contributed by atoms with E-state index in [2.05, 4.69) is 38.2 Å². The van der Waals surface area contributed by atoms with Crippen LogP contribution in [0.4, 0.5) is 0 Å². The topological polar surface area (TPSA) is 12.0 Å². The molecule has 1 heteroatoms. The molecule has 0 aromatic carbocycles. The van der Waals surface area contributed by atoms with E-state index < -0.39 is 0 Å². The van der Waals surface area contributed by atoms with E-state index in [9.17, 15) is 0 Å². The molecule has 0 fully saturated rings. The van der Waals surface area contributed by atoms with E-state index in [0.717, 1.165) is 6.42 Å². The first-order chi connectivity index (χ1) is 4.74. The summed E-state index contributed by atoms with van der Waals surface area (Å²) in [4.78, 5) is 0. The summed E-state index contributed by atoms with van der Waals surface area (Å²) in [6, 6.07) is 0.537. The normalized spacial score (nSPS) is 24.9. The summed E-state index contributed by atoms with van der Waals surface area (Å²) in [6.07, 6.45) is 5.51. The van der Waals surface area contributed by atoms with Crippen LogP contribution in [0.2, 0.25) is 0 Å². The lowest BCUT2D eigenvalue weighted by atomic mass is 10.0. The Morgan fingerprint density at radius 3 is 2.70 bits per heavy atom. The fourth-order valence-corrected chi connectivity index (χ4v) is 1.28. The Balaban J connectivity index is 2.71. The van der Waals surface area contributed by atoms with Gasteiger partial charge in [-0.15, -0.1) is 0 Å². The van der Waals surface area contributed by atoms with Gasteiger partial charge in [0.1, 0.15) is 0 Å². The number of dihydropyridines is 1. The first-order valence-corrected chi connectivity index (χ1v) is 3.88. The van der Waals surface area contributed by atoms with Crippen LogP contribution in [0.5, 0.6) is 0 Å². The largest absolute Gasteiger partial charge is 0.382 e. The Hall–Kier alpha value is -0.720. The Morgan fingerprint density at radius 1 is 1.50 bits per heavy atom. The Kier molecular flexibility index (Phi) is 2.15. The SMILES string of the molecule is CCC1=CC=C(C)NC1C. The summed E-state index contributed by atoms with van der Waals surface area (Å²) >= 11 is 0. The third-order valence-electron chi connectivity index (χ3n) is 1.96. The summed E-state index contributed by atoms with van der Waals surface area (Å²) in [5, 5.41) is 3.37. The van der Waals surface area contributed by atoms with Gasteiger partial charge in [0.15, 0.2) is 0 Å². The predicted octanol–water partition coefficient (Wildman–Crippen LogP) is 2.22. The van der Waals surface area contributed by atoms with Crippen LogP contribution in [0.3, 0.4) is 0 Å². The lowest BCUT2D eigenvalue weighted by molar-refractivity contribution is 0.661. The minimum atomic E-state index is 0.537. The van der Waals surface area contributed by atoms with Crippen LogP contribution in [0.15, 0.2) is 23.4 Å². The molecule has 1 N–H and O–H groups in total. The van der Waals surface area contributed by atoms with Gasteiger partial charge in [0.2, 0.25) is 0 Å². The molecule has 0 amide bonds. The van der Waals surface area contributed by atoms with Crippen molar-refractivity contribution >= 4 is 0 Å². The van der Waals surface area contributed by atoms with Gasteiger partial charge in [0.25, 0.3) is 0 Å². The monoisotopic (exact) mass is 137 g/mol. The molecule has 0 aromatic rings.